The molecule has 0 heterocycles. The Kier molecular flexibility index (Phi) is 3.07. The molecule has 0 N–H and O–H groups in total. The standard InChI is InChI=1S/C8H6BrClF2/c1-4-6(10)3-2-5(9)7(4)8(11)12/h2-3,8H,1H3. The van der Waals surface area contributed by atoms with Gasteiger partial charge in [-0.05, 0) is 24.6 Å². The summed E-state index contributed by atoms with van der Waals surface area (Å²) in [7, 11) is 0. The highest BCUT2D eigenvalue weighted by atomic mass is 79.9. The van der Waals surface area contributed by atoms with E-state index in [9.17, 15) is 8.78 Å². The minimum Gasteiger partial charge on any atom is -0.205 e. The van der Waals surface area contributed by atoms with Gasteiger partial charge in [-0.2, -0.15) is 0 Å². The zero-order chi connectivity index (χ0) is 9.30. The first-order valence-corrected chi connectivity index (χ1v) is 4.43. The summed E-state index contributed by atoms with van der Waals surface area (Å²) in [5, 5.41) is 0.369. The van der Waals surface area contributed by atoms with Crippen molar-refractivity contribution in [2.75, 3.05) is 0 Å². The first-order valence-electron chi connectivity index (χ1n) is 3.26. The number of hydrogen-bond donors (Lipinski definition) is 0. The first kappa shape index (κ1) is 9.93. The van der Waals surface area contributed by atoms with E-state index in [1.807, 2.05) is 0 Å². The molecule has 0 atom stereocenters. The maximum atomic E-state index is 12.4. The Labute approximate surface area is 82.7 Å². The summed E-state index contributed by atoms with van der Waals surface area (Å²) in [6, 6.07) is 3.11. The van der Waals surface area contributed by atoms with E-state index < -0.39 is 6.43 Å². The fourth-order valence-corrected chi connectivity index (χ4v) is 1.70. The number of hydrogen-bond acceptors (Lipinski definition) is 0. The molecule has 0 amide bonds. The van der Waals surface area contributed by atoms with Crippen LogP contribution in [-0.2, 0) is 0 Å². The van der Waals surface area contributed by atoms with Crippen molar-refractivity contribution in [3.63, 3.8) is 0 Å². The Balaban J connectivity index is 3.33. The molecule has 0 unspecified atom stereocenters. The first-order chi connectivity index (χ1) is 5.54. The van der Waals surface area contributed by atoms with Gasteiger partial charge < -0.3 is 0 Å². The molecule has 0 fully saturated rings. The van der Waals surface area contributed by atoms with Crippen molar-refractivity contribution in [3.05, 3.63) is 32.8 Å². The van der Waals surface area contributed by atoms with Crippen LogP contribution in [0.5, 0.6) is 0 Å². The number of alkyl halides is 2. The number of benzene rings is 1. The van der Waals surface area contributed by atoms with Gasteiger partial charge in [-0.3, -0.25) is 0 Å². The number of rotatable bonds is 1. The lowest BCUT2D eigenvalue weighted by molar-refractivity contribution is 0.150. The molecule has 0 aliphatic rings. The summed E-state index contributed by atoms with van der Waals surface area (Å²) in [6.07, 6.45) is -2.49. The minimum absolute atomic E-state index is 0.0255. The Morgan fingerprint density at radius 2 is 2.00 bits per heavy atom. The molecule has 0 spiro atoms. The predicted octanol–water partition coefficient (Wildman–Crippen LogP) is 4.35. The molecular weight excluding hydrogens is 249 g/mol. The smallest absolute Gasteiger partial charge is 0.205 e. The average molecular weight is 255 g/mol. The van der Waals surface area contributed by atoms with Crippen LogP contribution in [-0.4, -0.2) is 0 Å². The molecule has 66 valence electrons. The highest BCUT2D eigenvalue weighted by Gasteiger charge is 2.15. The van der Waals surface area contributed by atoms with E-state index in [1.54, 1.807) is 13.0 Å². The molecule has 0 saturated heterocycles. The Morgan fingerprint density at radius 1 is 1.42 bits per heavy atom. The summed E-state index contributed by atoms with van der Waals surface area (Å²) in [5.74, 6) is 0. The fraction of sp³-hybridized carbons (Fsp3) is 0.250. The van der Waals surface area contributed by atoms with E-state index in [0.29, 0.717) is 15.1 Å². The van der Waals surface area contributed by atoms with Crippen LogP contribution < -0.4 is 0 Å². The third-order valence-electron chi connectivity index (χ3n) is 1.61. The van der Waals surface area contributed by atoms with E-state index in [1.165, 1.54) is 6.07 Å². The monoisotopic (exact) mass is 254 g/mol. The van der Waals surface area contributed by atoms with Crippen LogP contribution in [0, 0.1) is 6.92 Å². The van der Waals surface area contributed by atoms with Gasteiger partial charge in [0.15, 0.2) is 0 Å². The van der Waals surface area contributed by atoms with Gasteiger partial charge in [0.25, 0.3) is 6.43 Å². The summed E-state index contributed by atoms with van der Waals surface area (Å²) in [6.45, 7) is 1.58. The van der Waals surface area contributed by atoms with Gasteiger partial charge >= 0.3 is 0 Å². The highest BCUT2D eigenvalue weighted by Crippen LogP contribution is 2.33. The van der Waals surface area contributed by atoms with Crippen molar-refractivity contribution in [3.8, 4) is 0 Å². The Bertz CT molecular complexity index is 299. The van der Waals surface area contributed by atoms with E-state index in [4.69, 9.17) is 11.6 Å². The Morgan fingerprint density at radius 3 is 2.42 bits per heavy atom. The number of halogens is 4. The molecule has 0 bridgehead atoms. The minimum atomic E-state index is -2.49. The molecule has 0 radical (unpaired) electrons. The molecule has 1 aromatic rings. The second-order valence-electron chi connectivity index (χ2n) is 2.37. The average Bonchev–Trinajstić information content (AvgIpc) is 1.97. The molecule has 1 aromatic carbocycles. The molecule has 0 aliphatic carbocycles. The van der Waals surface area contributed by atoms with Crippen LogP contribution in [0.1, 0.15) is 17.6 Å². The molecule has 4 heteroatoms. The third kappa shape index (κ3) is 1.77. The zero-order valence-electron chi connectivity index (χ0n) is 6.24. The van der Waals surface area contributed by atoms with Crippen LogP contribution in [0.25, 0.3) is 0 Å². The van der Waals surface area contributed by atoms with Crippen molar-refractivity contribution in [2.45, 2.75) is 13.3 Å². The van der Waals surface area contributed by atoms with Crippen molar-refractivity contribution in [1.29, 1.82) is 0 Å². The van der Waals surface area contributed by atoms with Gasteiger partial charge in [-0.1, -0.05) is 27.5 Å². The normalized spacial score (nSPS) is 10.8. The van der Waals surface area contributed by atoms with Gasteiger partial charge in [0, 0.05) is 15.1 Å². The summed E-state index contributed by atoms with van der Waals surface area (Å²) < 4.78 is 25.2. The molecule has 0 aliphatic heterocycles. The summed E-state index contributed by atoms with van der Waals surface area (Å²) in [5.41, 5.74) is 0.406. The lowest BCUT2D eigenvalue weighted by Gasteiger charge is -2.08. The van der Waals surface area contributed by atoms with E-state index in [-0.39, 0.29) is 5.56 Å². The van der Waals surface area contributed by atoms with Crippen molar-refractivity contribution >= 4 is 27.5 Å². The van der Waals surface area contributed by atoms with E-state index in [2.05, 4.69) is 15.9 Å². The maximum Gasteiger partial charge on any atom is 0.265 e. The predicted molar refractivity (Wildman–Crippen MR) is 48.8 cm³/mol. The zero-order valence-corrected chi connectivity index (χ0v) is 8.59. The van der Waals surface area contributed by atoms with Crippen molar-refractivity contribution in [1.82, 2.24) is 0 Å². The van der Waals surface area contributed by atoms with Crippen LogP contribution >= 0.6 is 27.5 Å². The van der Waals surface area contributed by atoms with Gasteiger partial charge in [-0.25, -0.2) is 8.78 Å². The fourth-order valence-electron chi connectivity index (χ4n) is 0.937. The van der Waals surface area contributed by atoms with Crippen molar-refractivity contribution < 1.29 is 8.78 Å². The largest absolute Gasteiger partial charge is 0.265 e. The molecule has 1 rings (SSSR count). The van der Waals surface area contributed by atoms with Gasteiger partial charge in [0.05, 0.1) is 0 Å². The van der Waals surface area contributed by atoms with Gasteiger partial charge in [0.2, 0.25) is 0 Å². The molecule has 0 aromatic heterocycles. The molecule has 12 heavy (non-hydrogen) atoms. The summed E-state index contributed by atoms with van der Waals surface area (Å²) >= 11 is 8.72. The quantitative estimate of drug-likeness (QED) is 0.700. The topological polar surface area (TPSA) is 0 Å². The third-order valence-corrected chi connectivity index (χ3v) is 2.71. The van der Waals surface area contributed by atoms with Crippen LogP contribution in [0.2, 0.25) is 5.02 Å². The van der Waals surface area contributed by atoms with Gasteiger partial charge in [0.1, 0.15) is 0 Å². The second-order valence-corrected chi connectivity index (χ2v) is 3.63. The second kappa shape index (κ2) is 3.71. The lowest BCUT2D eigenvalue weighted by atomic mass is 10.1. The summed E-state index contributed by atoms with van der Waals surface area (Å²) in [4.78, 5) is 0. The highest BCUT2D eigenvalue weighted by molar-refractivity contribution is 9.10. The van der Waals surface area contributed by atoms with Crippen LogP contribution in [0.3, 0.4) is 0 Å². The Hall–Kier alpha value is -0.150. The lowest BCUT2D eigenvalue weighted by Crippen LogP contribution is -1.91. The SMILES string of the molecule is Cc1c(Cl)ccc(Br)c1C(F)F. The molecular formula is C8H6BrClF2. The van der Waals surface area contributed by atoms with Crippen LogP contribution in [0.4, 0.5) is 8.78 Å². The van der Waals surface area contributed by atoms with E-state index in [0.717, 1.165) is 0 Å². The van der Waals surface area contributed by atoms with E-state index >= 15 is 0 Å². The maximum absolute atomic E-state index is 12.4. The molecule has 0 saturated carbocycles. The van der Waals surface area contributed by atoms with Crippen molar-refractivity contribution in [2.24, 2.45) is 0 Å². The van der Waals surface area contributed by atoms with Gasteiger partial charge in [-0.15, -0.1) is 0 Å². The molecule has 0 nitrogen and oxygen atoms in total. The van der Waals surface area contributed by atoms with Crippen LogP contribution in [0.15, 0.2) is 16.6 Å².